The number of aliphatic hydroxyl groups excluding tert-OH is 1. The summed E-state index contributed by atoms with van der Waals surface area (Å²) >= 11 is 1.14. The molecule has 3 atom stereocenters. The molecule has 0 spiro atoms. The van der Waals surface area contributed by atoms with Crippen molar-refractivity contribution in [1.82, 2.24) is 9.88 Å². The molecule has 1 fully saturated rings. The first-order valence-corrected chi connectivity index (χ1v) is 10.1. The van der Waals surface area contributed by atoms with Gasteiger partial charge in [0.05, 0.1) is 18.6 Å². The second-order valence-corrected chi connectivity index (χ2v) is 8.09. The van der Waals surface area contributed by atoms with E-state index in [9.17, 15) is 29.7 Å². The van der Waals surface area contributed by atoms with Crippen LogP contribution in [0.3, 0.4) is 0 Å². The molecule has 8 nitrogen and oxygen atoms in total. The smallest absolute Gasteiger partial charge is 0.332 e. The Morgan fingerprint density at radius 2 is 1.87 bits per heavy atom. The molecule has 3 unspecified atom stereocenters. The zero-order valence-electron chi connectivity index (χ0n) is 15.6. The second-order valence-electron chi connectivity index (χ2n) is 7.16. The maximum Gasteiger partial charge on any atom is 0.332 e. The molecular weight excluding hydrogens is 408 g/mol. The van der Waals surface area contributed by atoms with E-state index in [1.807, 2.05) is 18.2 Å². The summed E-state index contributed by atoms with van der Waals surface area (Å²) in [6.07, 6.45) is 1.05. The van der Waals surface area contributed by atoms with Crippen LogP contribution in [0.5, 0.6) is 0 Å². The molecule has 30 heavy (non-hydrogen) atoms. The van der Waals surface area contributed by atoms with Crippen LogP contribution in [0.25, 0.3) is 10.8 Å². The molecule has 2 heterocycles. The molecule has 1 aliphatic heterocycles. The molecule has 4 rings (SSSR count). The third kappa shape index (κ3) is 2.94. The first-order chi connectivity index (χ1) is 14.4. The fourth-order valence-electron chi connectivity index (χ4n) is 4.17. The van der Waals surface area contributed by atoms with Crippen molar-refractivity contribution in [3.05, 3.63) is 64.6 Å². The molecule has 3 N–H and O–H groups in total. The van der Waals surface area contributed by atoms with Gasteiger partial charge in [-0.1, -0.05) is 36.4 Å². The monoisotopic (exact) mass is 426 g/mol. The lowest BCUT2D eigenvalue weighted by molar-refractivity contribution is -0.151. The highest BCUT2D eigenvalue weighted by Crippen LogP contribution is 2.48. The van der Waals surface area contributed by atoms with Crippen LogP contribution >= 0.6 is 11.3 Å². The van der Waals surface area contributed by atoms with Crippen LogP contribution in [0.1, 0.15) is 27.8 Å². The zero-order valence-corrected chi connectivity index (χ0v) is 16.5. The number of aliphatic hydroxyl groups is 1. The van der Waals surface area contributed by atoms with Gasteiger partial charge >= 0.3 is 11.9 Å². The van der Waals surface area contributed by atoms with Gasteiger partial charge in [0.25, 0.3) is 5.91 Å². The lowest BCUT2D eigenvalue weighted by Gasteiger charge is -2.36. The van der Waals surface area contributed by atoms with Gasteiger partial charge in [0.2, 0.25) is 0 Å². The third-order valence-electron chi connectivity index (χ3n) is 5.60. The predicted molar refractivity (Wildman–Crippen MR) is 108 cm³/mol. The SMILES string of the molecule is O=C(O)C1CC(CO)(C(=O)O)N(C(=O)c2cccc3ccccc23)C1c1nccs1. The quantitative estimate of drug-likeness (QED) is 0.571. The number of carboxylic acid groups (broad SMARTS) is 2. The van der Waals surface area contributed by atoms with Crippen molar-refractivity contribution in [3.63, 3.8) is 0 Å². The number of hydrogen-bond acceptors (Lipinski definition) is 6. The van der Waals surface area contributed by atoms with E-state index in [1.165, 1.54) is 6.20 Å². The summed E-state index contributed by atoms with van der Waals surface area (Å²) < 4.78 is 0. The average molecular weight is 426 g/mol. The number of rotatable bonds is 5. The topological polar surface area (TPSA) is 128 Å². The molecule has 0 aliphatic carbocycles. The Morgan fingerprint density at radius 3 is 2.50 bits per heavy atom. The van der Waals surface area contributed by atoms with Crippen molar-refractivity contribution in [1.29, 1.82) is 0 Å². The number of thiazole rings is 1. The average Bonchev–Trinajstić information content (AvgIpc) is 3.39. The summed E-state index contributed by atoms with van der Waals surface area (Å²) in [5.74, 6) is -4.59. The van der Waals surface area contributed by atoms with Gasteiger partial charge in [0.1, 0.15) is 5.01 Å². The molecule has 1 aliphatic rings. The Labute approximate surface area is 175 Å². The van der Waals surface area contributed by atoms with E-state index in [1.54, 1.807) is 29.6 Å². The number of amides is 1. The fourth-order valence-corrected chi connectivity index (χ4v) is 4.96. The second kappa shape index (κ2) is 7.51. The highest BCUT2D eigenvalue weighted by Gasteiger charge is 2.61. The van der Waals surface area contributed by atoms with E-state index in [-0.39, 0.29) is 5.56 Å². The van der Waals surface area contributed by atoms with Crippen LogP contribution in [-0.2, 0) is 9.59 Å². The lowest BCUT2D eigenvalue weighted by atomic mass is 9.91. The van der Waals surface area contributed by atoms with Crippen LogP contribution in [0.4, 0.5) is 0 Å². The molecule has 3 aromatic rings. The summed E-state index contributed by atoms with van der Waals surface area (Å²) in [5, 5.41) is 33.2. The number of likely N-dealkylation sites (tertiary alicyclic amines) is 1. The van der Waals surface area contributed by atoms with E-state index in [2.05, 4.69) is 4.98 Å². The van der Waals surface area contributed by atoms with Gasteiger partial charge in [-0.25, -0.2) is 9.78 Å². The molecule has 9 heteroatoms. The molecule has 1 amide bonds. The predicted octanol–water partition coefficient (Wildman–Crippen LogP) is 2.40. The Morgan fingerprint density at radius 1 is 1.13 bits per heavy atom. The molecular formula is C21H18N2O6S. The molecule has 1 aromatic heterocycles. The first-order valence-electron chi connectivity index (χ1n) is 9.18. The van der Waals surface area contributed by atoms with Gasteiger partial charge in [0, 0.05) is 17.1 Å². The van der Waals surface area contributed by atoms with Crippen molar-refractivity contribution in [2.45, 2.75) is 18.0 Å². The highest BCUT2D eigenvalue weighted by molar-refractivity contribution is 7.09. The van der Waals surface area contributed by atoms with Crippen LogP contribution in [-0.4, -0.2) is 55.2 Å². The molecule has 0 bridgehead atoms. The minimum atomic E-state index is -2.08. The number of aromatic nitrogens is 1. The van der Waals surface area contributed by atoms with Gasteiger partial charge in [-0.3, -0.25) is 9.59 Å². The van der Waals surface area contributed by atoms with Crippen molar-refractivity contribution < 1.29 is 29.7 Å². The van der Waals surface area contributed by atoms with Crippen LogP contribution in [0.2, 0.25) is 0 Å². The maximum absolute atomic E-state index is 13.7. The summed E-state index contributed by atoms with van der Waals surface area (Å²) in [4.78, 5) is 43.2. The molecule has 0 saturated carbocycles. The van der Waals surface area contributed by atoms with Gasteiger partial charge in [-0.05, 0) is 23.3 Å². The molecule has 154 valence electrons. The van der Waals surface area contributed by atoms with Gasteiger partial charge in [0.15, 0.2) is 5.54 Å². The number of hydrogen-bond donors (Lipinski definition) is 3. The van der Waals surface area contributed by atoms with E-state index in [0.29, 0.717) is 10.4 Å². The number of carbonyl (C=O) groups is 3. The van der Waals surface area contributed by atoms with Crippen LogP contribution in [0.15, 0.2) is 54.0 Å². The normalized spacial score (nSPS) is 23.6. The Kier molecular flexibility index (Phi) is 5.00. The van der Waals surface area contributed by atoms with Crippen molar-refractivity contribution in [3.8, 4) is 0 Å². The summed E-state index contributed by atoms with van der Waals surface area (Å²) in [5.41, 5.74) is -1.84. The van der Waals surface area contributed by atoms with Gasteiger partial charge < -0.3 is 20.2 Å². The largest absolute Gasteiger partial charge is 0.481 e. The van der Waals surface area contributed by atoms with E-state index in [4.69, 9.17) is 0 Å². The van der Waals surface area contributed by atoms with Gasteiger partial charge in [-0.15, -0.1) is 11.3 Å². The fraction of sp³-hybridized carbons (Fsp3) is 0.238. The maximum atomic E-state index is 13.7. The number of carbonyl (C=O) groups excluding carboxylic acids is 1. The molecule has 0 radical (unpaired) electrons. The van der Waals surface area contributed by atoms with E-state index < -0.39 is 48.4 Å². The summed E-state index contributed by atoms with van der Waals surface area (Å²) in [7, 11) is 0. The Hall–Kier alpha value is -3.30. The van der Waals surface area contributed by atoms with E-state index in [0.717, 1.165) is 21.6 Å². The van der Waals surface area contributed by atoms with Crippen LogP contribution in [0, 0.1) is 5.92 Å². The summed E-state index contributed by atoms with van der Waals surface area (Å²) in [6.45, 7) is -0.912. The number of nitrogens with zero attached hydrogens (tertiary/aromatic N) is 2. The van der Waals surface area contributed by atoms with Crippen molar-refractivity contribution in [2.75, 3.05) is 6.61 Å². The third-order valence-corrected chi connectivity index (χ3v) is 6.44. The lowest BCUT2D eigenvalue weighted by Crippen LogP contribution is -2.56. The minimum absolute atomic E-state index is 0.236. The first kappa shape index (κ1) is 20.0. The Bertz CT molecular complexity index is 1130. The molecule has 1 saturated heterocycles. The molecule has 2 aromatic carbocycles. The zero-order chi connectivity index (χ0) is 21.5. The number of benzene rings is 2. The minimum Gasteiger partial charge on any atom is -0.481 e. The number of carboxylic acids is 2. The van der Waals surface area contributed by atoms with Crippen LogP contribution < -0.4 is 0 Å². The van der Waals surface area contributed by atoms with Crippen molar-refractivity contribution in [2.24, 2.45) is 5.92 Å². The summed E-state index contributed by atoms with van der Waals surface area (Å²) in [6, 6.07) is 11.1. The van der Waals surface area contributed by atoms with Crippen molar-refractivity contribution >= 4 is 40.0 Å². The highest BCUT2D eigenvalue weighted by atomic mass is 32.1. The number of aliphatic carboxylic acids is 2. The Balaban J connectivity index is 1.94. The van der Waals surface area contributed by atoms with E-state index >= 15 is 0 Å². The standard InChI is InChI=1S/C21H18N2O6S/c24-11-21(20(28)29)10-15(19(26)27)16(17-22-8-9-30-17)23(21)18(25)14-7-3-5-12-4-1-2-6-13(12)14/h1-9,15-16,24H,10-11H2,(H,26,27)(H,28,29). The number of fused-ring (bicyclic) bond motifs is 1. The van der Waals surface area contributed by atoms with Gasteiger partial charge in [-0.2, -0.15) is 0 Å².